The van der Waals surface area contributed by atoms with Crippen LogP contribution in [-0.4, -0.2) is 70.0 Å². The third kappa shape index (κ3) is 7.92. The van der Waals surface area contributed by atoms with E-state index in [4.69, 9.17) is 22.1 Å². The van der Waals surface area contributed by atoms with Gasteiger partial charge in [0.25, 0.3) is 11.8 Å². The summed E-state index contributed by atoms with van der Waals surface area (Å²) >= 11 is 13.4. The smallest absolute Gasteiger partial charge is 0.260 e. The van der Waals surface area contributed by atoms with Crippen LogP contribution in [0.5, 0.6) is 11.8 Å². The van der Waals surface area contributed by atoms with Crippen LogP contribution in [0, 0.1) is 41.4 Å². The third-order valence-electron chi connectivity index (χ3n) is 11.4. The quantitative estimate of drug-likeness (QED) is 0.0641. The molecular weight excluding hydrogens is 731 g/mol. The van der Waals surface area contributed by atoms with Gasteiger partial charge in [0, 0.05) is 54.2 Å². The molecule has 0 saturated heterocycles. The summed E-state index contributed by atoms with van der Waals surface area (Å²) in [5, 5.41) is 18.4. The summed E-state index contributed by atoms with van der Waals surface area (Å²) < 4.78 is 40.6. The van der Waals surface area contributed by atoms with E-state index in [2.05, 4.69) is 89.5 Å². The van der Waals surface area contributed by atoms with Gasteiger partial charge in [0.1, 0.15) is 25.7 Å². The van der Waals surface area contributed by atoms with Crippen LogP contribution in [0.15, 0.2) is 24.8 Å². The van der Waals surface area contributed by atoms with Crippen LogP contribution in [0.1, 0.15) is 83.8 Å². The molecule has 2 fully saturated rings. The molecule has 2 saturated carbocycles. The Labute approximate surface area is 311 Å². The molecule has 50 heavy (non-hydrogen) atoms. The van der Waals surface area contributed by atoms with E-state index < -0.39 is 14.0 Å². The summed E-state index contributed by atoms with van der Waals surface area (Å²) in [6, 6.07) is 0. The Morgan fingerprint density at radius 2 is 1.20 bits per heavy atom. The molecule has 7 unspecified atom stereocenters. The first-order chi connectivity index (χ1) is 24.0. The lowest BCUT2D eigenvalue weighted by atomic mass is 9.84. The molecule has 2 aliphatic rings. The molecule has 0 spiro atoms. The highest BCUT2D eigenvalue weighted by atomic mass is 32.7. The van der Waals surface area contributed by atoms with Gasteiger partial charge < -0.3 is 18.6 Å². The molecule has 0 N–H and O–H groups in total. The van der Waals surface area contributed by atoms with Crippen LogP contribution >= 0.6 is 51.1 Å². The zero-order chi connectivity index (χ0) is 35.7. The van der Waals surface area contributed by atoms with E-state index >= 15 is 0 Å². The number of ether oxygens (including phenoxy) is 2. The van der Waals surface area contributed by atoms with Crippen LogP contribution in [0.4, 0.5) is 0 Å². The van der Waals surface area contributed by atoms with E-state index in [9.17, 15) is 9.13 Å². The summed E-state index contributed by atoms with van der Waals surface area (Å²) in [6.07, 6.45) is 11.7. The molecule has 274 valence electrons. The van der Waals surface area contributed by atoms with E-state index in [1.807, 2.05) is 21.2 Å². The van der Waals surface area contributed by atoms with Crippen molar-refractivity contribution in [2.75, 3.05) is 25.5 Å². The molecule has 0 aromatic carbocycles. The number of unbranched alkanes of at least 4 members (excludes halogenated alkanes) is 1. The normalized spacial score (nSPS) is 28.8. The second kappa shape index (κ2) is 16.5. The number of rotatable bonds is 15. The minimum Gasteiger partial charge on any atom is -0.475 e. The molecule has 4 aromatic rings. The Kier molecular flexibility index (Phi) is 12.5. The van der Waals surface area contributed by atoms with Crippen molar-refractivity contribution >= 4 is 62.4 Å². The van der Waals surface area contributed by atoms with Gasteiger partial charge in [0.15, 0.2) is 0 Å². The van der Waals surface area contributed by atoms with Gasteiger partial charge in [-0.2, -0.15) is 12.6 Å². The van der Waals surface area contributed by atoms with Crippen molar-refractivity contribution < 1.29 is 18.6 Å². The molecule has 0 aliphatic heterocycles. The van der Waals surface area contributed by atoms with Crippen molar-refractivity contribution in [2.24, 2.45) is 41.4 Å². The zero-order valence-corrected chi connectivity index (χ0v) is 34.0. The van der Waals surface area contributed by atoms with Gasteiger partial charge in [-0.1, -0.05) is 34.6 Å². The minimum atomic E-state index is -1.95. The lowest BCUT2D eigenvalue weighted by Gasteiger charge is -2.24. The van der Waals surface area contributed by atoms with E-state index in [1.54, 1.807) is 12.4 Å². The van der Waals surface area contributed by atoms with Gasteiger partial charge >= 0.3 is 0 Å². The van der Waals surface area contributed by atoms with Crippen molar-refractivity contribution in [3.8, 4) is 11.8 Å². The number of aromatic nitrogens is 8. The summed E-state index contributed by atoms with van der Waals surface area (Å²) in [5.74, 6) is 5.51. The number of thiol groups is 3. The molecule has 12 nitrogen and oxygen atoms in total. The van der Waals surface area contributed by atoms with Crippen molar-refractivity contribution in [1.82, 2.24) is 39.2 Å². The maximum absolute atomic E-state index is 12.3. The van der Waals surface area contributed by atoms with Crippen molar-refractivity contribution in [3.05, 3.63) is 36.4 Å². The lowest BCUT2D eigenvalue weighted by Crippen LogP contribution is -2.20. The number of nitrogens with zero attached hydrogens (tertiary/aromatic N) is 8. The molecule has 17 heteroatoms. The highest BCUT2D eigenvalue weighted by molar-refractivity contribution is 8.40. The Balaban J connectivity index is 1.07. The summed E-state index contributed by atoms with van der Waals surface area (Å²) in [5.41, 5.74) is 1.16. The summed E-state index contributed by atoms with van der Waals surface area (Å²) in [4.78, 5) is 8.91. The Hall–Kier alpha value is -1.79. The first-order valence-electron chi connectivity index (χ1n) is 17.7. The topological polar surface area (TPSA) is 139 Å². The SMILES string of the molecule is CC(C)C1CC(c2nnc3c(OCCCCOc4nccn5c(C6CC(C(C)S)[C@@H](C)[C@H]6C[PH](=O)S)nnc45)nccn23)[C@H](C[PH](=O)S)[C@@H]1C. The fourth-order valence-electron chi connectivity index (χ4n) is 8.80. The molecule has 0 amide bonds. The lowest BCUT2D eigenvalue weighted by molar-refractivity contribution is 0.258. The number of hydrogen-bond donors (Lipinski definition) is 3. The highest BCUT2D eigenvalue weighted by Crippen LogP contribution is 2.53. The van der Waals surface area contributed by atoms with Crippen molar-refractivity contribution in [2.45, 2.75) is 77.4 Å². The molecule has 4 aromatic heterocycles. The zero-order valence-electron chi connectivity index (χ0n) is 29.3. The molecular formula is C33H50N8O4P2S3. The first kappa shape index (κ1) is 38.0. The van der Waals surface area contributed by atoms with Crippen LogP contribution in [-0.2, 0) is 9.13 Å². The van der Waals surface area contributed by atoms with Gasteiger partial charge in [-0.3, -0.25) is 8.80 Å². The van der Waals surface area contributed by atoms with Crippen LogP contribution in [0.25, 0.3) is 11.3 Å². The predicted octanol–water partition coefficient (Wildman–Crippen LogP) is 7.29. The predicted molar refractivity (Wildman–Crippen MR) is 208 cm³/mol. The van der Waals surface area contributed by atoms with E-state index in [1.165, 1.54) is 0 Å². The second-order valence-corrected chi connectivity index (χ2v) is 20.8. The molecule has 0 bridgehead atoms. The molecule has 0 radical (unpaired) electrons. The number of fused-ring (bicyclic) bond motifs is 2. The van der Waals surface area contributed by atoms with E-state index in [-0.39, 0.29) is 28.9 Å². The average Bonchev–Trinajstić information content (AvgIpc) is 3.83. The molecule has 6 rings (SSSR count). The Bertz CT molecular complexity index is 1700. The third-order valence-corrected chi connectivity index (χ3v) is 14.5. The van der Waals surface area contributed by atoms with Gasteiger partial charge in [-0.15, -0.1) is 44.9 Å². The van der Waals surface area contributed by atoms with Crippen LogP contribution < -0.4 is 9.47 Å². The van der Waals surface area contributed by atoms with Crippen molar-refractivity contribution in [1.29, 1.82) is 0 Å². The monoisotopic (exact) mass is 780 g/mol. The van der Waals surface area contributed by atoms with Gasteiger partial charge in [0.2, 0.25) is 11.3 Å². The Morgan fingerprint density at radius 1 is 0.760 bits per heavy atom. The fraction of sp³-hybridized carbons (Fsp3) is 0.697. The number of hydrogen-bond acceptors (Lipinski definition) is 11. The standard InChI is InChI=1S/C33H50N8O4P2S3/c1-18(2)22-14-24(26(19(22)3)16-46(42)49)28-36-38-30-32(34-8-10-40(28)30)44-12-6-7-13-45-33-31-39-37-29(41(31)11-9-35-33)25-15-23(21(5)48)20(4)27(25)17-47(43)50/h8-11,18-27,46-48H,6-7,12-17H2,1-5H3,(H,42,49)(H,43,50)/t19-,20-,21?,22?,23?,24?,25?,26-,27-/m1/s1. The summed E-state index contributed by atoms with van der Waals surface area (Å²) in [6.45, 7) is 12.0. The van der Waals surface area contributed by atoms with Crippen molar-refractivity contribution in [3.63, 3.8) is 0 Å². The molecule has 11 atom stereocenters. The largest absolute Gasteiger partial charge is 0.475 e. The maximum atomic E-state index is 12.3. The molecule has 4 heterocycles. The Morgan fingerprint density at radius 3 is 1.62 bits per heavy atom. The maximum Gasteiger partial charge on any atom is 0.260 e. The van der Waals surface area contributed by atoms with Crippen LogP contribution in [0.2, 0.25) is 0 Å². The second-order valence-electron chi connectivity index (χ2n) is 14.6. The van der Waals surface area contributed by atoms with E-state index in [0.29, 0.717) is 78.2 Å². The van der Waals surface area contributed by atoms with Gasteiger partial charge in [-0.25, -0.2) is 9.97 Å². The van der Waals surface area contributed by atoms with Crippen LogP contribution in [0.3, 0.4) is 0 Å². The first-order valence-corrected chi connectivity index (χ1v) is 24.0. The van der Waals surface area contributed by atoms with Gasteiger partial charge in [0.05, 0.1) is 13.2 Å². The fourth-order valence-corrected chi connectivity index (χ4v) is 12.6. The minimum absolute atomic E-state index is 0.104. The van der Waals surface area contributed by atoms with E-state index in [0.717, 1.165) is 37.3 Å². The highest BCUT2D eigenvalue weighted by Gasteiger charge is 2.46. The molecule has 2 aliphatic carbocycles. The average molecular weight is 781 g/mol. The van der Waals surface area contributed by atoms with Gasteiger partial charge in [-0.05, 0) is 67.1 Å². The summed E-state index contributed by atoms with van der Waals surface area (Å²) in [7, 11) is -3.88.